The molecule has 0 N–H and O–H groups in total. The second-order valence-electron chi connectivity index (χ2n) is 7.98. The number of ether oxygens (including phenoxy) is 1. The molecule has 0 unspecified atom stereocenters. The molecule has 2 atom stereocenters. The highest BCUT2D eigenvalue weighted by molar-refractivity contribution is 6.69. The molecule has 0 spiro atoms. The summed E-state index contributed by atoms with van der Waals surface area (Å²) in [5.74, 6) is 0. The fourth-order valence-electron chi connectivity index (χ4n) is 2.59. The average molecular weight is 336 g/mol. The summed E-state index contributed by atoms with van der Waals surface area (Å²) in [7, 11) is -0.970. The molecule has 0 aliphatic heterocycles. The zero-order valence-corrected chi connectivity index (χ0v) is 15.7. The molecule has 0 amide bonds. The molecule has 0 fully saturated rings. The number of hydrogen-bond acceptors (Lipinski definition) is 2. The van der Waals surface area contributed by atoms with Crippen LogP contribution in [0.25, 0.3) is 0 Å². The molecule has 2 nitrogen and oxygen atoms in total. The van der Waals surface area contributed by atoms with Crippen LogP contribution in [0.4, 0.5) is 13.2 Å². The lowest BCUT2D eigenvalue weighted by Crippen LogP contribution is -2.57. The van der Waals surface area contributed by atoms with Gasteiger partial charge in [-0.25, -0.2) is 0 Å². The molecule has 0 saturated carbocycles. The highest BCUT2D eigenvalue weighted by atomic mass is 28.4. The van der Waals surface area contributed by atoms with Crippen LogP contribution in [0.2, 0.25) is 19.6 Å². The van der Waals surface area contributed by atoms with Gasteiger partial charge in [0.2, 0.25) is 0 Å². The van der Waals surface area contributed by atoms with Crippen molar-refractivity contribution in [2.24, 2.45) is 5.41 Å². The SMILES string of the molecule is CO[C@@]1(C)C=C[C@](O[Si](C)(C)C)(C(F)(F)F)C(C(C)(C)C)=C1. The molecule has 0 aromatic rings. The van der Waals surface area contributed by atoms with E-state index in [1.165, 1.54) is 13.2 Å². The van der Waals surface area contributed by atoms with Gasteiger partial charge in [0.15, 0.2) is 13.9 Å². The smallest absolute Gasteiger partial charge is 0.398 e. The van der Waals surface area contributed by atoms with Crippen molar-refractivity contribution >= 4 is 8.32 Å². The van der Waals surface area contributed by atoms with E-state index in [4.69, 9.17) is 9.16 Å². The minimum Gasteiger partial charge on any atom is -0.398 e. The molecule has 0 radical (unpaired) electrons. The summed E-state index contributed by atoms with van der Waals surface area (Å²) < 4.78 is 53.2. The zero-order chi connectivity index (χ0) is 17.6. The average Bonchev–Trinajstić information content (AvgIpc) is 2.27. The lowest BCUT2D eigenvalue weighted by atomic mass is 9.70. The molecule has 1 rings (SSSR count). The summed E-state index contributed by atoms with van der Waals surface area (Å²) in [6, 6.07) is 0. The van der Waals surface area contributed by atoms with E-state index in [1.807, 2.05) is 0 Å². The maximum Gasteiger partial charge on any atom is 0.424 e. The molecule has 0 bridgehead atoms. The summed E-state index contributed by atoms with van der Waals surface area (Å²) >= 11 is 0. The first-order valence-corrected chi connectivity index (χ1v) is 10.7. The lowest BCUT2D eigenvalue weighted by Gasteiger charge is -2.47. The third-order valence-electron chi connectivity index (χ3n) is 3.62. The van der Waals surface area contributed by atoms with E-state index in [-0.39, 0.29) is 5.57 Å². The first-order valence-electron chi connectivity index (χ1n) is 7.33. The van der Waals surface area contributed by atoms with Gasteiger partial charge in [-0.3, -0.25) is 0 Å². The molecule has 0 aromatic carbocycles. The Labute approximate surface area is 132 Å². The third-order valence-corrected chi connectivity index (χ3v) is 4.55. The Hall–Kier alpha value is -0.593. The summed E-state index contributed by atoms with van der Waals surface area (Å²) in [6.07, 6.45) is -0.399. The highest BCUT2D eigenvalue weighted by Crippen LogP contribution is 2.51. The number of alkyl halides is 3. The third kappa shape index (κ3) is 3.84. The largest absolute Gasteiger partial charge is 0.424 e. The summed E-state index contributed by atoms with van der Waals surface area (Å²) in [4.78, 5) is 0. The van der Waals surface area contributed by atoms with E-state index in [0.717, 1.165) is 6.08 Å². The van der Waals surface area contributed by atoms with Crippen LogP contribution >= 0.6 is 0 Å². The molecule has 0 aromatic heterocycles. The van der Waals surface area contributed by atoms with Crippen LogP contribution in [0.15, 0.2) is 23.8 Å². The summed E-state index contributed by atoms with van der Waals surface area (Å²) in [6.45, 7) is 12.3. The molecule has 0 saturated heterocycles. The van der Waals surface area contributed by atoms with E-state index in [0.29, 0.717) is 0 Å². The Bertz CT molecular complexity index is 483. The van der Waals surface area contributed by atoms with Gasteiger partial charge >= 0.3 is 6.18 Å². The monoisotopic (exact) mass is 336 g/mol. The molecular weight excluding hydrogens is 309 g/mol. The Morgan fingerprint density at radius 2 is 1.55 bits per heavy atom. The van der Waals surface area contributed by atoms with Crippen molar-refractivity contribution in [3.63, 3.8) is 0 Å². The molecular formula is C16H27F3O2Si. The maximum atomic E-state index is 14.0. The standard InChI is InChI=1S/C16H27F3O2Si/c1-13(2,3)12-11-14(4,20-5)9-10-15(12,16(17,18)19)21-22(6,7)8/h9-11H,1-8H3/t14-,15+/m0/s1. The first kappa shape index (κ1) is 19.5. The number of rotatable bonds is 3. The number of methoxy groups -OCH3 is 1. The summed E-state index contributed by atoms with van der Waals surface area (Å²) in [5, 5.41) is 0. The van der Waals surface area contributed by atoms with Gasteiger partial charge < -0.3 is 9.16 Å². The minimum absolute atomic E-state index is 0.196. The van der Waals surface area contributed by atoms with E-state index < -0.39 is 31.1 Å². The predicted octanol–water partition coefficient (Wildman–Crippen LogP) is 5.09. The molecule has 22 heavy (non-hydrogen) atoms. The Morgan fingerprint density at radius 3 is 1.86 bits per heavy atom. The van der Waals surface area contributed by atoms with Crippen molar-refractivity contribution in [1.82, 2.24) is 0 Å². The van der Waals surface area contributed by atoms with Crippen LogP contribution in [0.3, 0.4) is 0 Å². The number of halogens is 3. The topological polar surface area (TPSA) is 18.5 Å². The second kappa shape index (κ2) is 5.49. The van der Waals surface area contributed by atoms with Gasteiger partial charge in [0.1, 0.15) is 5.60 Å². The van der Waals surface area contributed by atoms with Crippen LogP contribution in [0, 0.1) is 5.41 Å². The minimum atomic E-state index is -4.53. The fraction of sp³-hybridized carbons (Fsp3) is 0.750. The second-order valence-corrected chi connectivity index (χ2v) is 12.4. The van der Waals surface area contributed by atoms with Gasteiger partial charge in [-0.2, -0.15) is 13.2 Å². The van der Waals surface area contributed by atoms with E-state index in [9.17, 15) is 13.2 Å². The molecule has 1 aliphatic rings. The van der Waals surface area contributed by atoms with Gasteiger partial charge in [0.25, 0.3) is 0 Å². The van der Waals surface area contributed by atoms with Crippen LogP contribution in [-0.2, 0) is 9.16 Å². The van der Waals surface area contributed by atoms with Gasteiger partial charge in [-0.05, 0) is 55.8 Å². The van der Waals surface area contributed by atoms with Crippen molar-refractivity contribution in [1.29, 1.82) is 0 Å². The van der Waals surface area contributed by atoms with Crippen LogP contribution in [-0.4, -0.2) is 32.8 Å². The zero-order valence-electron chi connectivity index (χ0n) is 14.7. The number of hydrogen-bond donors (Lipinski definition) is 0. The predicted molar refractivity (Wildman–Crippen MR) is 85.3 cm³/mol. The van der Waals surface area contributed by atoms with Crippen LogP contribution < -0.4 is 0 Å². The lowest BCUT2D eigenvalue weighted by molar-refractivity contribution is -0.223. The van der Waals surface area contributed by atoms with E-state index in [2.05, 4.69) is 0 Å². The quantitative estimate of drug-likeness (QED) is 0.528. The van der Waals surface area contributed by atoms with Crippen LogP contribution in [0.1, 0.15) is 27.7 Å². The Balaban J connectivity index is 3.62. The van der Waals surface area contributed by atoms with Gasteiger partial charge in [-0.1, -0.05) is 20.8 Å². The van der Waals surface area contributed by atoms with Crippen molar-refractivity contribution in [2.45, 2.75) is 64.7 Å². The maximum absolute atomic E-state index is 14.0. The Kier molecular flexibility index (Phi) is 4.86. The van der Waals surface area contributed by atoms with Gasteiger partial charge in [-0.15, -0.1) is 0 Å². The normalized spacial score (nSPS) is 30.4. The Morgan fingerprint density at radius 1 is 1.05 bits per heavy atom. The van der Waals surface area contributed by atoms with Gasteiger partial charge in [0.05, 0.1) is 0 Å². The molecule has 6 heteroatoms. The van der Waals surface area contributed by atoms with Crippen molar-refractivity contribution in [2.75, 3.05) is 7.11 Å². The first-order chi connectivity index (χ1) is 9.56. The molecule has 0 heterocycles. The van der Waals surface area contributed by atoms with Gasteiger partial charge in [0, 0.05) is 7.11 Å². The van der Waals surface area contributed by atoms with Crippen molar-refractivity contribution in [3.05, 3.63) is 23.8 Å². The van der Waals surface area contributed by atoms with Crippen molar-refractivity contribution < 1.29 is 22.3 Å². The molecule has 128 valence electrons. The summed E-state index contributed by atoms with van der Waals surface area (Å²) in [5.41, 5.74) is -3.75. The van der Waals surface area contributed by atoms with E-state index >= 15 is 0 Å². The fourth-order valence-corrected chi connectivity index (χ4v) is 3.85. The van der Waals surface area contributed by atoms with Crippen molar-refractivity contribution in [3.8, 4) is 0 Å². The molecule has 1 aliphatic carbocycles. The van der Waals surface area contributed by atoms with E-state index in [1.54, 1.807) is 53.4 Å². The van der Waals surface area contributed by atoms with Crippen LogP contribution in [0.5, 0.6) is 0 Å². The highest BCUT2D eigenvalue weighted by Gasteiger charge is 2.61.